The molecule has 1 aliphatic rings. The lowest BCUT2D eigenvalue weighted by molar-refractivity contribution is -0.124. The number of carbonyl (C=O) groups is 2. The summed E-state index contributed by atoms with van der Waals surface area (Å²) in [6.07, 6.45) is 9.87. The SMILES string of the molecule is CCCCN(CCCC)CN1C(=O)S/C(=C/C=C/c2ccccc2)C1=O. The van der Waals surface area contributed by atoms with Gasteiger partial charge in [-0.15, -0.1) is 0 Å². The maximum absolute atomic E-state index is 12.6. The second-order valence-corrected chi connectivity index (χ2v) is 7.36. The van der Waals surface area contributed by atoms with Crippen LogP contribution in [0, 0.1) is 0 Å². The van der Waals surface area contributed by atoms with Crippen molar-refractivity contribution in [3.63, 3.8) is 0 Å². The van der Waals surface area contributed by atoms with Gasteiger partial charge in [-0.05, 0) is 49.3 Å². The van der Waals surface area contributed by atoms with E-state index in [-0.39, 0.29) is 11.1 Å². The van der Waals surface area contributed by atoms with E-state index >= 15 is 0 Å². The van der Waals surface area contributed by atoms with E-state index in [1.54, 1.807) is 6.08 Å². The Bertz CT molecular complexity index is 647. The number of hydrogen-bond acceptors (Lipinski definition) is 4. The highest BCUT2D eigenvalue weighted by atomic mass is 32.2. The van der Waals surface area contributed by atoms with Crippen molar-refractivity contribution in [1.29, 1.82) is 0 Å². The van der Waals surface area contributed by atoms with E-state index in [0.29, 0.717) is 11.6 Å². The molecule has 1 heterocycles. The van der Waals surface area contributed by atoms with Crippen LogP contribution in [-0.2, 0) is 4.79 Å². The van der Waals surface area contributed by atoms with Crippen molar-refractivity contribution in [2.24, 2.45) is 0 Å². The quantitative estimate of drug-likeness (QED) is 0.533. The van der Waals surface area contributed by atoms with Crippen LogP contribution in [-0.4, -0.2) is 40.7 Å². The third-order valence-corrected chi connectivity index (χ3v) is 5.13. The highest BCUT2D eigenvalue weighted by Gasteiger charge is 2.35. The molecule has 26 heavy (non-hydrogen) atoms. The Balaban J connectivity index is 1.99. The van der Waals surface area contributed by atoms with Crippen molar-refractivity contribution >= 4 is 29.0 Å². The topological polar surface area (TPSA) is 40.6 Å². The van der Waals surface area contributed by atoms with E-state index in [2.05, 4.69) is 18.7 Å². The van der Waals surface area contributed by atoms with Crippen LogP contribution >= 0.6 is 11.8 Å². The number of hydrogen-bond donors (Lipinski definition) is 0. The lowest BCUT2D eigenvalue weighted by Gasteiger charge is -2.25. The summed E-state index contributed by atoms with van der Waals surface area (Å²) in [6.45, 7) is 6.54. The van der Waals surface area contributed by atoms with Crippen LogP contribution in [0.25, 0.3) is 6.08 Å². The third kappa shape index (κ3) is 6.15. The maximum Gasteiger partial charge on any atom is 0.294 e. The van der Waals surface area contributed by atoms with Crippen molar-refractivity contribution in [2.45, 2.75) is 39.5 Å². The molecule has 0 saturated carbocycles. The number of benzene rings is 1. The van der Waals surface area contributed by atoms with Crippen LogP contribution < -0.4 is 0 Å². The zero-order valence-electron chi connectivity index (χ0n) is 15.7. The van der Waals surface area contributed by atoms with Crippen LogP contribution in [0.5, 0.6) is 0 Å². The fourth-order valence-electron chi connectivity index (χ4n) is 2.66. The minimum atomic E-state index is -0.185. The second-order valence-electron chi connectivity index (χ2n) is 6.37. The van der Waals surface area contributed by atoms with Gasteiger partial charge in [-0.1, -0.05) is 69.2 Å². The van der Waals surface area contributed by atoms with Crippen molar-refractivity contribution in [1.82, 2.24) is 9.80 Å². The zero-order valence-corrected chi connectivity index (χ0v) is 16.5. The first-order valence-corrected chi connectivity index (χ1v) is 10.2. The lowest BCUT2D eigenvalue weighted by atomic mass is 10.2. The molecular weight excluding hydrogens is 344 g/mol. The molecule has 1 aromatic carbocycles. The molecule has 2 rings (SSSR count). The molecule has 2 amide bonds. The van der Waals surface area contributed by atoms with Gasteiger partial charge in [-0.25, -0.2) is 0 Å². The molecule has 1 saturated heterocycles. The first-order chi connectivity index (χ1) is 12.7. The van der Waals surface area contributed by atoms with Crippen molar-refractivity contribution in [3.05, 3.63) is 53.0 Å². The van der Waals surface area contributed by atoms with Gasteiger partial charge in [0.25, 0.3) is 11.1 Å². The Morgan fingerprint density at radius 2 is 1.69 bits per heavy atom. The fourth-order valence-corrected chi connectivity index (χ4v) is 3.45. The predicted octanol–water partition coefficient (Wildman–Crippen LogP) is 5.14. The molecule has 1 fully saturated rings. The average Bonchev–Trinajstić information content (AvgIpc) is 2.92. The first-order valence-electron chi connectivity index (χ1n) is 9.35. The Hall–Kier alpha value is -1.85. The van der Waals surface area contributed by atoms with E-state index in [0.717, 1.165) is 56.1 Å². The molecule has 140 valence electrons. The van der Waals surface area contributed by atoms with E-state index in [1.165, 1.54) is 4.90 Å². The normalized spacial score (nSPS) is 16.6. The van der Waals surface area contributed by atoms with Crippen molar-refractivity contribution in [2.75, 3.05) is 19.8 Å². The maximum atomic E-state index is 12.6. The zero-order chi connectivity index (χ0) is 18.8. The van der Waals surface area contributed by atoms with Gasteiger partial charge in [0.15, 0.2) is 0 Å². The summed E-state index contributed by atoms with van der Waals surface area (Å²) in [7, 11) is 0. The minimum Gasteiger partial charge on any atom is -0.286 e. The van der Waals surface area contributed by atoms with Gasteiger partial charge >= 0.3 is 0 Å². The molecule has 0 unspecified atom stereocenters. The summed E-state index contributed by atoms with van der Waals surface area (Å²) >= 11 is 1.03. The number of thioether (sulfide) groups is 1. The van der Waals surface area contributed by atoms with Gasteiger partial charge in [0, 0.05) is 0 Å². The summed E-state index contributed by atoms with van der Waals surface area (Å²) in [6, 6.07) is 9.89. The van der Waals surface area contributed by atoms with Crippen molar-refractivity contribution < 1.29 is 9.59 Å². The summed E-state index contributed by atoms with van der Waals surface area (Å²) < 4.78 is 0. The lowest BCUT2D eigenvalue weighted by Crippen LogP contribution is -2.41. The molecule has 0 radical (unpaired) electrons. The van der Waals surface area contributed by atoms with Crippen LogP contribution in [0.2, 0.25) is 0 Å². The fraction of sp³-hybridized carbons (Fsp3) is 0.429. The molecule has 4 nitrogen and oxygen atoms in total. The molecular formula is C21H28N2O2S. The van der Waals surface area contributed by atoms with Gasteiger partial charge in [0.1, 0.15) is 0 Å². The Morgan fingerprint density at radius 1 is 1.04 bits per heavy atom. The van der Waals surface area contributed by atoms with Gasteiger partial charge in [-0.2, -0.15) is 0 Å². The number of imide groups is 1. The van der Waals surface area contributed by atoms with E-state index in [1.807, 2.05) is 42.5 Å². The number of allylic oxidation sites excluding steroid dienone is 2. The molecule has 0 N–H and O–H groups in total. The number of unbranched alkanes of at least 4 members (excludes halogenated alkanes) is 2. The Morgan fingerprint density at radius 3 is 2.31 bits per heavy atom. The summed E-state index contributed by atoms with van der Waals surface area (Å²) in [5, 5.41) is -0.174. The molecule has 5 heteroatoms. The largest absolute Gasteiger partial charge is 0.294 e. The third-order valence-electron chi connectivity index (χ3n) is 4.21. The smallest absolute Gasteiger partial charge is 0.286 e. The number of carbonyl (C=O) groups excluding carboxylic acids is 2. The molecule has 1 aliphatic heterocycles. The molecule has 0 bridgehead atoms. The molecule has 1 aromatic rings. The van der Waals surface area contributed by atoms with Gasteiger partial charge < -0.3 is 0 Å². The van der Waals surface area contributed by atoms with Crippen molar-refractivity contribution in [3.8, 4) is 0 Å². The molecule has 0 aromatic heterocycles. The number of amides is 2. The van der Waals surface area contributed by atoms with Gasteiger partial charge in [0.05, 0.1) is 11.6 Å². The highest BCUT2D eigenvalue weighted by Crippen LogP contribution is 2.30. The Kier molecular flexibility index (Phi) is 8.65. The molecule has 0 spiro atoms. The molecule has 0 aliphatic carbocycles. The van der Waals surface area contributed by atoms with Crippen LogP contribution in [0.15, 0.2) is 47.4 Å². The van der Waals surface area contributed by atoms with Gasteiger partial charge in [0.2, 0.25) is 0 Å². The standard InChI is InChI=1S/C21H28N2O2S/c1-3-5-15-22(16-6-4-2)17-23-20(24)19(26-21(23)25)14-10-13-18-11-8-7-9-12-18/h7-14H,3-6,15-17H2,1-2H3/b13-10+,19-14+. The summed E-state index contributed by atoms with van der Waals surface area (Å²) in [5.41, 5.74) is 1.06. The Labute approximate surface area is 160 Å². The minimum absolute atomic E-state index is 0.174. The monoisotopic (exact) mass is 372 g/mol. The van der Waals surface area contributed by atoms with E-state index < -0.39 is 0 Å². The van der Waals surface area contributed by atoms with Crippen LogP contribution in [0.4, 0.5) is 4.79 Å². The predicted molar refractivity (Wildman–Crippen MR) is 110 cm³/mol. The average molecular weight is 373 g/mol. The van der Waals surface area contributed by atoms with E-state index in [4.69, 9.17) is 0 Å². The van der Waals surface area contributed by atoms with Crippen LogP contribution in [0.3, 0.4) is 0 Å². The first kappa shape index (κ1) is 20.5. The summed E-state index contributed by atoms with van der Waals surface area (Å²) in [5.74, 6) is -0.185. The van der Waals surface area contributed by atoms with Crippen LogP contribution in [0.1, 0.15) is 45.1 Å². The summed E-state index contributed by atoms with van der Waals surface area (Å²) in [4.78, 5) is 29.0. The highest BCUT2D eigenvalue weighted by molar-refractivity contribution is 8.18. The molecule has 0 atom stereocenters. The van der Waals surface area contributed by atoms with E-state index in [9.17, 15) is 9.59 Å². The number of nitrogens with zero attached hydrogens (tertiary/aromatic N) is 2. The second kappa shape index (κ2) is 11.0. The van der Waals surface area contributed by atoms with Gasteiger partial charge in [-0.3, -0.25) is 19.4 Å². The number of rotatable bonds is 10.